The van der Waals surface area contributed by atoms with E-state index < -0.39 is 18.2 Å². The summed E-state index contributed by atoms with van der Waals surface area (Å²) in [5.74, 6) is 0.237. The molecule has 1 aliphatic carbocycles. The summed E-state index contributed by atoms with van der Waals surface area (Å²) >= 11 is 5.98. The van der Waals surface area contributed by atoms with Gasteiger partial charge in [0.15, 0.2) is 0 Å². The number of carbonyl (C=O) groups excluding carboxylic acids is 1. The van der Waals surface area contributed by atoms with Gasteiger partial charge in [-0.2, -0.15) is 13.2 Å². The Hall–Kier alpha value is -3.43. The third-order valence-electron chi connectivity index (χ3n) is 6.18. The highest BCUT2D eigenvalue weighted by atomic mass is 35.5. The number of hydrogen-bond acceptors (Lipinski definition) is 4. The summed E-state index contributed by atoms with van der Waals surface area (Å²) in [7, 11) is 1.99. The molecule has 1 atom stereocenters. The highest BCUT2D eigenvalue weighted by molar-refractivity contribution is 6.31. The first-order chi connectivity index (χ1) is 18.6. The van der Waals surface area contributed by atoms with Crippen molar-refractivity contribution in [1.82, 2.24) is 19.3 Å². The average molecular weight is 561 g/mol. The maximum atomic E-state index is 12.6. The number of nitrogens with zero attached hydrogens (tertiary/aromatic N) is 3. The average Bonchev–Trinajstić information content (AvgIpc) is 3.23. The first-order valence-corrected chi connectivity index (χ1v) is 13.1. The van der Waals surface area contributed by atoms with Crippen LogP contribution in [0.15, 0.2) is 76.9 Å². The molecule has 1 aromatic carbocycles. The Bertz CT molecular complexity index is 1410. The Morgan fingerprint density at radius 3 is 2.59 bits per heavy atom. The Labute approximate surface area is 230 Å². The second-order valence-corrected chi connectivity index (χ2v) is 9.70. The van der Waals surface area contributed by atoms with Crippen LogP contribution in [-0.4, -0.2) is 39.5 Å². The molecule has 1 aliphatic rings. The van der Waals surface area contributed by atoms with Crippen molar-refractivity contribution in [2.75, 3.05) is 7.05 Å². The van der Waals surface area contributed by atoms with E-state index in [1.54, 1.807) is 24.4 Å². The van der Waals surface area contributed by atoms with E-state index in [1.807, 2.05) is 19.2 Å². The van der Waals surface area contributed by atoms with Gasteiger partial charge in [0.05, 0.1) is 5.69 Å². The lowest BCUT2D eigenvalue weighted by atomic mass is 10.1. The van der Waals surface area contributed by atoms with Crippen molar-refractivity contribution in [3.05, 3.63) is 99.2 Å². The SMILES string of the molecule is CNC(C)Cc1ccccc1.O=CCc1cn(CCCC(F)(F)F)c2nc(C3=CC=C(Cl)C=CC3)cn2c1=O. The fraction of sp³-hybridized carbons (Fsp3) is 0.345. The number of fused-ring (bicyclic) bond motifs is 1. The maximum absolute atomic E-state index is 12.6. The fourth-order valence-corrected chi connectivity index (χ4v) is 4.19. The molecule has 208 valence electrons. The van der Waals surface area contributed by atoms with Crippen LogP contribution < -0.4 is 10.9 Å². The van der Waals surface area contributed by atoms with Gasteiger partial charge in [-0.15, -0.1) is 0 Å². The summed E-state index contributed by atoms with van der Waals surface area (Å²) in [4.78, 5) is 28.0. The normalized spacial score (nSPS) is 14.2. The van der Waals surface area contributed by atoms with Crippen LogP contribution in [0.1, 0.15) is 43.0 Å². The van der Waals surface area contributed by atoms with Crippen molar-refractivity contribution in [2.45, 2.75) is 57.8 Å². The van der Waals surface area contributed by atoms with E-state index in [0.717, 1.165) is 12.0 Å². The number of aromatic nitrogens is 3. The fourth-order valence-electron chi connectivity index (χ4n) is 4.04. The van der Waals surface area contributed by atoms with Crippen LogP contribution in [0.5, 0.6) is 0 Å². The van der Waals surface area contributed by atoms with Gasteiger partial charge in [-0.3, -0.25) is 9.20 Å². The van der Waals surface area contributed by atoms with E-state index in [1.165, 1.54) is 20.7 Å². The summed E-state index contributed by atoms with van der Waals surface area (Å²) in [6.45, 7) is 2.21. The molecule has 10 heteroatoms. The summed E-state index contributed by atoms with van der Waals surface area (Å²) in [5.41, 5.74) is 2.53. The lowest BCUT2D eigenvalue weighted by molar-refractivity contribution is -0.135. The van der Waals surface area contributed by atoms with Crippen molar-refractivity contribution in [1.29, 1.82) is 0 Å². The number of nitrogens with one attached hydrogen (secondary N) is 1. The molecule has 0 bridgehead atoms. The molecule has 2 heterocycles. The van der Waals surface area contributed by atoms with Crippen molar-refractivity contribution >= 4 is 29.2 Å². The number of hydrogen-bond donors (Lipinski definition) is 1. The van der Waals surface area contributed by atoms with Gasteiger partial charge in [0.1, 0.15) is 6.29 Å². The Morgan fingerprint density at radius 1 is 1.18 bits per heavy atom. The number of aldehydes is 1. The molecule has 2 aromatic heterocycles. The summed E-state index contributed by atoms with van der Waals surface area (Å²) in [6.07, 6.45) is 6.81. The number of likely N-dealkylation sites (N-methyl/N-ethyl adjacent to an activating group) is 1. The van der Waals surface area contributed by atoms with E-state index in [4.69, 9.17) is 11.6 Å². The van der Waals surface area contributed by atoms with E-state index in [9.17, 15) is 22.8 Å². The van der Waals surface area contributed by atoms with Crippen LogP contribution in [0.4, 0.5) is 13.2 Å². The van der Waals surface area contributed by atoms with Crippen LogP contribution in [0.3, 0.4) is 0 Å². The molecular weight excluding hydrogens is 529 g/mol. The van der Waals surface area contributed by atoms with Crippen LogP contribution in [0.25, 0.3) is 11.4 Å². The second kappa shape index (κ2) is 14.1. The van der Waals surface area contributed by atoms with Gasteiger partial charge in [0.2, 0.25) is 5.78 Å². The molecule has 0 saturated heterocycles. The zero-order valence-corrected chi connectivity index (χ0v) is 22.7. The van der Waals surface area contributed by atoms with Crippen LogP contribution >= 0.6 is 11.6 Å². The van der Waals surface area contributed by atoms with Gasteiger partial charge in [-0.1, -0.05) is 54.1 Å². The van der Waals surface area contributed by atoms with Gasteiger partial charge in [0, 0.05) is 48.4 Å². The minimum Gasteiger partial charge on any atom is -0.318 e. The van der Waals surface area contributed by atoms with Crippen molar-refractivity contribution < 1.29 is 18.0 Å². The van der Waals surface area contributed by atoms with Crippen molar-refractivity contribution in [3.63, 3.8) is 0 Å². The number of rotatable bonds is 9. The number of allylic oxidation sites excluding steroid dienone is 6. The minimum atomic E-state index is -4.26. The van der Waals surface area contributed by atoms with Gasteiger partial charge < -0.3 is 14.7 Å². The first kappa shape index (κ1) is 30.1. The van der Waals surface area contributed by atoms with Crippen LogP contribution in [-0.2, 0) is 24.2 Å². The topological polar surface area (TPSA) is 68.4 Å². The van der Waals surface area contributed by atoms with E-state index in [-0.39, 0.29) is 30.7 Å². The standard InChI is InChI=1S/C19H17ClF3N3O2.C10H15N/c20-15-4-1-3-13(5-6-15)16-12-26-17(28)14(7-10-27)11-25(18(26)24-16)9-2-8-19(21,22)23;1-9(11-2)8-10-6-4-3-5-7-10/h1,4-6,10-12H,2-3,7-9H2;3-7,9,11H,8H2,1-2H3. The van der Waals surface area contributed by atoms with Gasteiger partial charge in [0.25, 0.3) is 5.56 Å². The number of aryl methyl sites for hydroxylation is 1. The molecule has 6 nitrogen and oxygen atoms in total. The largest absolute Gasteiger partial charge is 0.389 e. The Balaban J connectivity index is 0.000000320. The Kier molecular flexibility index (Phi) is 10.9. The molecule has 0 radical (unpaired) electrons. The molecule has 1 N–H and O–H groups in total. The maximum Gasteiger partial charge on any atom is 0.389 e. The smallest absolute Gasteiger partial charge is 0.318 e. The number of imidazole rings is 1. The molecule has 4 rings (SSSR count). The first-order valence-electron chi connectivity index (χ1n) is 12.7. The molecule has 3 aromatic rings. The summed E-state index contributed by atoms with van der Waals surface area (Å²) < 4.78 is 40.3. The van der Waals surface area contributed by atoms with Crippen molar-refractivity contribution in [2.24, 2.45) is 0 Å². The highest BCUT2D eigenvalue weighted by Gasteiger charge is 2.26. The lowest BCUT2D eigenvalue weighted by Crippen LogP contribution is -2.23. The van der Waals surface area contributed by atoms with Crippen LogP contribution in [0, 0.1) is 0 Å². The van der Waals surface area contributed by atoms with E-state index in [2.05, 4.69) is 41.5 Å². The number of halogens is 4. The molecule has 1 unspecified atom stereocenters. The Morgan fingerprint density at radius 2 is 1.92 bits per heavy atom. The number of alkyl halides is 3. The predicted molar refractivity (Wildman–Crippen MR) is 149 cm³/mol. The third-order valence-corrected chi connectivity index (χ3v) is 6.43. The molecule has 0 aliphatic heterocycles. The summed E-state index contributed by atoms with van der Waals surface area (Å²) in [6, 6.07) is 11.1. The summed E-state index contributed by atoms with van der Waals surface area (Å²) in [5, 5.41) is 3.77. The number of benzene rings is 1. The molecule has 0 fully saturated rings. The second-order valence-electron chi connectivity index (χ2n) is 9.27. The van der Waals surface area contributed by atoms with Gasteiger partial charge >= 0.3 is 6.18 Å². The third kappa shape index (κ3) is 9.07. The lowest BCUT2D eigenvalue weighted by Gasteiger charge is -2.11. The molecule has 0 spiro atoms. The quantitative estimate of drug-likeness (QED) is 0.332. The number of carbonyl (C=O) groups is 1. The minimum absolute atomic E-state index is 0.0241. The van der Waals surface area contributed by atoms with Crippen molar-refractivity contribution in [3.8, 4) is 0 Å². The predicted octanol–water partition coefficient (Wildman–Crippen LogP) is 5.88. The van der Waals surface area contributed by atoms with Gasteiger partial charge in [-0.05, 0) is 56.5 Å². The molecule has 0 saturated carbocycles. The van der Waals surface area contributed by atoms with Gasteiger partial charge in [-0.25, -0.2) is 4.98 Å². The monoisotopic (exact) mass is 560 g/mol. The van der Waals surface area contributed by atoms with E-state index >= 15 is 0 Å². The zero-order chi connectivity index (χ0) is 28.4. The molecule has 39 heavy (non-hydrogen) atoms. The zero-order valence-electron chi connectivity index (χ0n) is 21.9. The van der Waals surface area contributed by atoms with E-state index in [0.29, 0.717) is 29.5 Å². The molecular formula is C29H32ClF3N4O2. The van der Waals surface area contributed by atoms with Crippen LogP contribution in [0.2, 0.25) is 0 Å². The highest BCUT2D eigenvalue weighted by Crippen LogP contribution is 2.24. The molecule has 0 amide bonds.